The fraction of sp³-hybridized carbons (Fsp3) is 0.286. The summed E-state index contributed by atoms with van der Waals surface area (Å²) >= 11 is 6.95. The maximum atomic E-state index is 13.5. The third kappa shape index (κ3) is 4.55. The van der Waals surface area contributed by atoms with Crippen molar-refractivity contribution in [1.29, 1.82) is 0 Å². The lowest BCUT2D eigenvalue weighted by Gasteiger charge is -2.11. The minimum absolute atomic E-state index is 0.00212. The number of esters is 1. The second-order valence-electron chi connectivity index (χ2n) is 6.85. The molecule has 2 heterocycles. The summed E-state index contributed by atoms with van der Waals surface area (Å²) in [5, 5.41) is 1.71. The van der Waals surface area contributed by atoms with Crippen LogP contribution in [0.2, 0.25) is 5.02 Å². The number of aryl methyl sites for hydroxylation is 2. The van der Waals surface area contributed by atoms with Crippen molar-refractivity contribution in [3.63, 3.8) is 0 Å². The van der Waals surface area contributed by atoms with Crippen LogP contribution in [-0.4, -0.2) is 27.5 Å². The minimum atomic E-state index is -0.556. The topological polar surface area (TPSA) is 70.3 Å². The molecule has 0 atom stereocenters. The van der Waals surface area contributed by atoms with Gasteiger partial charge in [-0.15, -0.1) is 0 Å². The van der Waals surface area contributed by atoms with Crippen molar-refractivity contribution in [2.45, 2.75) is 33.7 Å². The number of benzene rings is 1. The number of ether oxygens (including phenoxy) is 1. The molecule has 9 heteroatoms. The van der Waals surface area contributed by atoms with E-state index >= 15 is 0 Å². The molecule has 0 N–H and O–H groups in total. The first-order valence-electron chi connectivity index (χ1n) is 9.17. The zero-order valence-electron chi connectivity index (χ0n) is 16.7. The predicted octanol–water partition coefficient (Wildman–Crippen LogP) is 4.23. The molecule has 0 fully saturated rings. The van der Waals surface area contributed by atoms with Crippen LogP contribution in [0.5, 0.6) is 0 Å². The van der Waals surface area contributed by atoms with Gasteiger partial charge < -0.3 is 13.9 Å². The van der Waals surface area contributed by atoms with E-state index in [2.05, 4.69) is 0 Å². The van der Waals surface area contributed by atoms with Gasteiger partial charge in [-0.1, -0.05) is 22.9 Å². The first-order chi connectivity index (χ1) is 14.2. The van der Waals surface area contributed by atoms with Crippen molar-refractivity contribution in [3.8, 4) is 5.69 Å². The Bertz CT molecular complexity index is 1180. The van der Waals surface area contributed by atoms with Gasteiger partial charge in [-0.2, -0.15) is 0 Å². The Hall–Kier alpha value is -2.71. The van der Waals surface area contributed by atoms with E-state index in [1.807, 2.05) is 6.92 Å². The first-order valence-corrected chi connectivity index (χ1v) is 10.4. The molecule has 1 aromatic carbocycles. The molecule has 0 aliphatic carbocycles. The Morgan fingerprint density at radius 2 is 1.90 bits per heavy atom. The highest BCUT2D eigenvalue weighted by molar-refractivity contribution is 7.07. The largest absolute Gasteiger partial charge is 0.457 e. The first kappa shape index (κ1) is 22.0. The zero-order valence-corrected chi connectivity index (χ0v) is 18.3. The van der Waals surface area contributed by atoms with Crippen LogP contribution in [0.4, 0.5) is 4.39 Å². The number of halogens is 2. The highest BCUT2D eigenvalue weighted by Gasteiger charge is 2.19. The van der Waals surface area contributed by atoms with Crippen molar-refractivity contribution in [3.05, 3.63) is 72.8 Å². The zero-order chi connectivity index (χ0) is 22.0. The number of hydrogen-bond donors (Lipinski definition) is 0. The fourth-order valence-electron chi connectivity index (χ4n) is 3.24. The van der Waals surface area contributed by atoms with Crippen LogP contribution in [0.3, 0.4) is 0 Å². The molecule has 6 nitrogen and oxygen atoms in total. The summed E-state index contributed by atoms with van der Waals surface area (Å²) in [6, 6.07) is 6.01. The molecule has 0 aliphatic rings. The lowest BCUT2D eigenvalue weighted by molar-refractivity contribution is -0.142. The van der Waals surface area contributed by atoms with Gasteiger partial charge in [-0.05, 0) is 45.0 Å². The number of thiazole rings is 1. The Labute approximate surface area is 181 Å². The van der Waals surface area contributed by atoms with E-state index in [1.54, 1.807) is 35.9 Å². The van der Waals surface area contributed by atoms with Gasteiger partial charge in [0.05, 0.1) is 11.4 Å². The molecule has 0 saturated heterocycles. The SMILES string of the molecule is Cc1cc(C(=O)COC(=O)CCn2c(C)csc2=O)c(C)n1-c1ccc(F)c(Cl)c1. The van der Waals surface area contributed by atoms with E-state index in [0.717, 1.165) is 22.7 Å². The molecule has 0 saturated carbocycles. The van der Waals surface area contributed by atoms with Crippen LogP contribution in [0.15, 0.2) is 34.4 Å². The van der Waals surface area contributed by atoms with Crippen LogP contribution >= 0.6 is 22.9 Å². The highest BCUT2D eigenvalue weighted by Crippen LogP contribution is 2.25. The van der Waals surface area contributed by atoms with Gasteiger partial charge in [-0.3, -0.25) is 14.4 Å². The molecule has 0 unspecified atom stereocenters. The van der Waals surface area contributed by atoms with Crippen molar-refractivity contribution < 1.29 is 18.7 Å². The number of aromatic nitrogens is 2. The quantitative estimate of drug-likeness (QED) is 0.399. The van der Waals surface area contributed by atoms with Gasteiger partial charge in [0.2, 0.25) is 5.78 Å². The van der Waals surface area contributed by atoms with Crippen LogP contribution in [0.25, 0.3) is 5.69 Å². The Kier molecular flexibility index (Phi) is 6.58. The van der Waals surface area contributed by atoms with Gasteiger partial charge in [0.25, 0.3) is 0 Å². The number of rotatable bonds is 7. The summed E-state index contributed by atoms with van der Waals surface area (Å²) in [7, 11) is 0. The number of ketones is 1. The molecule has 0 radical (unpaired) electrons. The number of nitrogens with zero attached hydrogens (tertiary/aromatic N) is 2. The van der Waals surface area contributed by atoms with Crippen molar-refractivity contribution in [2.24, 2.45) is 0 Å². The van der Waals surface area contributed by atoms with Crippen LogP contribution in [-0.2, 0) is 16.1 Å². The molecular formula is C21H20ClFN2O4S. The highest BCUT2D eigenvalue weighted by atomic mass is 35.5. The summed E-state index contributed by atoms with van der Waals surface area (Å²) < 4.78 is 21.8. The number of Topliss-reactive ketones (excluding diaryl/α,β-unsaturated/α-hetero) is 1. The summed E-state index contributed by atoms with van der Waals surface area (Å²) in [5.74, 6) is -1.43. The van der Waals surface area contributed by atoms with E-state index in [4.69, 9.17) is 16.3 Å². The third-order valence-electron chi connectivity index (χ3n) is 4.77. The Morgan fingerprint density at radius 3 is 2.53 bits per heavy atom. The molecule has 0 spiro atoms. The monoisotopic (exact) mass is 450 g/mol. The van der Waals surface area contributed by atoms with Gasteiger partial charge >= 0.3 is 10.8 Å². The van der Waals surface area contributed by atoms with Gasteiger partial charge in [0, 0.05) is 40.3 Å². The van der Waals surface area contributed by atoms with Crippen molar-refractivity contribution >= 4 is 34.7 Å². The standard InChI is InChI=1S/C21H20ClFN2O4S/c1-12-8-16(14(3)25(12)15-4-5-18(23)17(22)9-15)19(26)10-29-20(27)6-7-24-13(2)11-30-21(24)28/h4-5,8-9,11H,6-7,10H2,1-3H3. The number of hydrogen-bond acceptors (Lipinski definition) is 5. The maximum absolute atomic E-state index is 13.5. The Morgan fingerprint density at radius 1 is 1.17 bits per heavy atom. The lowest BCUT2D eigenvalue weighted by Crippen LogP contribution is -2.20. The molecule has 0 bridgehead atoms. The van der Waals surface area contributed by atoms with E-state index < -0.39 is 18.4 Å². The van der Waals surface area contributed by atoms with Crippen LogP contribution in [0, 0.1) is 26.6 Å². The minimum Gasteiger partial charge on any atom is -0.457 e. The fourth-order valence-corrected chi connectivity index (χ4v) is 4.18. The summed E-state index contributed by atoms with van der Waals surface area (Å²) in [6.45, 7) is 5.17. The normalized spacial score (nSPS) is 11.0. The smallest absolute Gasteiger partial charge is 0.308 e. The molecule has 3 rings (SSSR count). The average molecular weight is 451 g/mol. The lowest BCUT2D eigenvalue weighted by atomic mass is 10.1. The van der Waals surface area contributed by atoms with Crippen LogP contribution in [0.1, 0.15) is 33.9 Å². The molecule has 0 amide bonds. The van der Waals surface area contributed by atoms with Crippen LogP contribution < -0.4 is 4.87 Å². The molecule has 2 aromatic heterocycles. The second-order valence-corrected chi connectivity index (χ2v) is 8.07. The van der Waals surface area contributed by atoms with Gasteiger partial charge in [-0.25, -0.2) is 4.39 Å². The summed E-state index contributed by atoms with van der Waals surface area (Å²) in [4.78, 5) is 36.1. The number of carbonyl (C=O) groups excluding carboxylic acids is 2. The molecule has 30 heavy (non-hydrogen) atoms. The third-order valence-corrected chi connectivity index (χ3v) is 5.94. The maximum Gasteiger partial charge on any atom is 0.308 e. The van der Waals surface area contributed by atoms with E-state index in [9.17, 15) is 18.8 Å². The van der Waals surface area contributed by atoms with Crippen molar-refractivity contribution in [1.82, 2.24) is 9.13 Å². The van der Waals surface area contributed by atoms with E-state index in [-0.39, 0.29) is 28.6 Å². The second kappa shape index (κ2) is 8.97. The molecular weight excluding hydrogens is 431 g/mol. The van der Waals surface area contributed by atoms with E-state index in [0.29, 0.717) is 16.9 Å². The molecule has 3 aromatic rings. The summed E-state index contributed by atoms with van der Waals surface area (Å²) in [5.41, 5.74) is 3.21. The van der Waals surface area contributed by atoms with Gasteiger partial charge in [0.1, 0.15) is 5.82 Å². The average Bonchev–Trinajstić information content (AvgIpc) is 3.18. The van der Waals surface area contributed by atoms with Gasteiger partial charge in [0.15, 0.2) is 6.61 Å². The molecule has 158 valence electrons. The van der Waals surface area contributed by atoms with Crippen molar-refractivity contribution in [2.75, 3.05) is 6.61 Å². The molecule has 0 aliphatic heterocycles. The summed E-state index contributed by atoms with van der Waals surface area (Å²) in [6.07, 6.45) is -0.00212. The Balaban J connectivity index is 1.66. The predicted molar refractivity (Wildman–Crippen MR) is 113 cm³/mol. The number of carbonyl (C=O) groups is 2. The van der Waals surface area contributed by atoms with E-state index in [1.165, 1.54) is 16.7 Å².